The first-order valence-corrected chi connectivity index (χ1v) is 4.90. The van der Waals surface area contributed by atoms with E-state index in [1.165, 1.54) is 5.69 Å². The topological polar surface area (TPSA) is 32.7 Å². The molecule has 1 rings (SSSR count). The largest absolute Gasteiger partial charge is 0.539 e. The highest BCUT2D eigenvalue weighted by atomic mass is 16.5. The summed E-state index contributed by atoms with van der Waals surface area (Å²) in [5.74, 6) is 0.698. The van der Waals surface area contributed by atoms with Gasteiger partial charge in [-0.15, -0.1) is 0 Å². The zero-order valence-electron chi connectivity index (χ0n) is 8.73. The average molecular weight is 193 g/mol. The third-order valence-electron chi connectivity index (χ3n) is 2.20. The van der Waals surface area contributed by atoms with E-state index >= 15 is 0 Å². The highest BCUT2D eigenvalue weighted by molar-refractivity contribution is 6.17. The second kappa shape index (κ2) is 5.55. The van der Waals surface area contributed by atoms with E-state index in [1.807, 2.05) is 24.3 Å². The molecule has 0 aliphatic rings. The Hall–Kier alpha value is -1.16. The van der Waals surface area contributed by atoms with Crippen LogP contribution in [0.25, 0.3) is 0 Å². The third kappa shape index (κ3) is 2.67. The standard InChI is InChI=1S/C10H16BNO2/c1-3-12(4-2)9-5-7-10(8-6-9)14-11-13/h5-8,11,13H,3-4H2,1-2H3. The van der Waals surface area contributed by atoms with Crippen molar-refractivity contribution in [2.45, 2.75) is 13.8 Å². The molecule has 0 aromatic heterocycles. The smallest absolute Gasteiger partial charge is 0.504 e. The lowest BCUT2D eigenvalue weighted by Gasteiger charge is -2.21. The fraction of sp³-hybridized carbons (Fsp3) is 0.400. The van der Waals surface area contributed by atoms with Gasteiger partial charge in [0.25, 0.3) is 0 Å². The second-order valence-electron chi connectivity index (χ2n) is 2.94. The summed E-state index contributed by atoms with van der Waals surface area (Å²) in [5.41, 5.74) is 1.18. The van der Waals surface area contributed by atoms with Gasteiger partial charge in [-0.05, 0) is 38.1 Å². The molecule has 14 heavy (non-hydrogen) atoms. The minimum absolute atomic E-state index is 0.273. The summed E-state index contributed by atoms with van der Waals surface area (Å²) >= 11 is 0. The van der Waals surface area contributed by atoms with Gasteiger partial charge in [0, 0.05) is 18.8 Å². The van der Waals surface area contributed by atoms with Crippen molar-refractivity contribution < 1.29 is 9.68 Å². The van der Waals surface area contributed by atoms with Crippen LogP contribution in [0, 0.1) is 0 Å². The molecule has 0 unspecified atom stereocenters. The Labute approximate surface area is 85.6 Å². The Morgan fingerprint density at radius 3 is 2.21 bits per heavy atom. The quantitative estimate of drug-likeness (QED) is 0.712. The Morgan fingerprint density at radius 1 is 1.21 bits per heavy atom. The van der Waals surface area contributed by atoms with Crippen LogP contribution in [-0.4, -0.2) is 25.8 Å². The van der Waals surface area contributed by atoms with Crippen molar-refractivity contribution in [2.75, 3.05) is 18.0 Å². The van der Waals surface area contributed by atoms with E-state index < -0.39 is 0 Å². The van der Waals surface area contributed by atoms with Crippen LogP contribution < -0.4 is 9.55 Å². The lowest BCUT2D eigenvalue weighted by Crippen LogP contribution is -2.21. The molecule has 1 aromatic rings. The predicted molar refractivity (Wildman–Crippen MR) is 60.0 cm³/mol. The van der Waals surface area contributed by atoms with Crippen LogP contribution in [0.5, 0.6) is 5.75 Å². The van der Waals surface area contributed by atoms with Crippen molar-refractivity contribution in [2.24, 2.45) is 0 Å². The molecule has 0 aliphatic heterocycles. The van der Waals surface area contributed by atoms with E-state index in [4.69, 9.17) is 9.68 Å². The molecule has 3 nitrogen and oxygen atoms in total. The van der Waals surface area contributed by atoms with Gasteiger partial charge in [-0.1, -0.05) is 0 Å². The molecule has 0 heterocycles. The van der Waals surface area contributed by atoms with E-state index in [9.17, 15) is 0 Å². The molecule has 0 bridgehead atoms. The molecule has 0 saturated carbocycles. The Balaban J connectivity index is 2.71. The first kappa shape index (κ1) is 10.9. The molecule has 1 N–H and O–H groups in total. The van der Waals surface area contributed by atoms with E-state index in [0.717, 1.165) is 13.1 Å². The van der Waals surface area contributed by atoms with Gasteiger partial charge in [-0.25, -0.2) is 0 Å². The summed E-state index contributed by atoms with van der Waals surface area (Å²) in [4.78, 5) is 2.25. The van der Waals surface area contributed by atoms with Crippen molar-refractivity contribution in [3.8, 4) is 5.75 Å². The fourth-order valence-electron chi connectivity index (χ4n) is 1.42. The monoisotopic (exact) mass is 193 g/mol. The molecule has 0 aliphatic carbocycles. The summed E-state index contributed by atoms with van der Waals surface area (Å²) in [6.45, 7) is 6.25. The zero-order valence-corrected chi connectivity index (χ0v) is 8.73. The Bertz CT molecular complexity index is 259. The fourth-order valence-corrected chi connectivity index (χ4v) is 1.42. The van der Waals surface area contributed by atoms with Gasteiger partial charge < -0.3 is 14.6 Å². The van der Waals surface area contributed by atoms with Crippen molar-refractivity contribution in [3.63, 3.8) is 0 Å². The maximum Gasteiger partial charge on any atom is 0.504 e. The average Bonchev–Trinajstić information content (AvgIpc) is 2.23. The minimum Gasteiger partial charge on any atom is -0.539 e. The lowest BCUT2D eigenvalue weighted by molar-refractivity contribution is 0.454. The van der Waals surface area contributed by atoms with Crippen LogP contribution in [0.4, 0.5) is 5.69 Å². The Morgan fingerprint density at radius 2 is 1.79 bits per heavy atom. The van der Waals surface area contributed by atoms with Crippen LogP contribution in [0.15, 0.2) is 24.3 Å². The minimum atomic E-state index is -0.273. The lowest BCUT2D eigenvalue weighted by atomic mass is 10.2. The van der Waals surface area contributed by atoms with E-state index in [-0.39, 0.29) is 7.69 Å². The Kier molecular flexibility index (Phi) is 4.33. The van der Waals surface area contributed by atoms with Crippen LogP contribution in [0.2, 0.25) is 0 Å². The highest BCUT2D eigenvalue weighted by Crippen LogP contribution is 2.18. The maximum absolute atomic E-state index is 8.56. The second-order valence-corrected chi connectivity index (χ2v) is 2.94. The summed E-state index contributed by atoms with van der Waals surface area (Å²) in [7, 11) is -0.273. The molecule has 4 heteroatoms. The summed E-state index contributed by atoms with van der Waals surface area (Å²) in [6, 6.07) is 7.73. The van der Waals surface area contributed by atoms with Gasteiger partial charge in [-0.2, -0.15) is 0 Å². The first-order valence-electron chi connectivity index (χ1n) is 4.90. The van der Waals surface area contributed by atoms with Gasteiger partial charge in [0.05, 0.1) is 0 Å². The first-order chi connectivity index (χ1) is 6.81. The van der Waals surface area contributed by atoms with Crippen molar-refractivity contribution in [3.05, 3.63) is 24.3 Å². The van der Waals surface area contributed by atoms with Crippen LogP contribution in [0.3, 0.4) is 0 Å². The van der Waals surface area contributed by atoms with Crippen LogP contribution >= 0.6 is 0 Å². The van der Waals surface area contributed by atoms with Gasteiger partial charge in [0.2, 0.25) is 0 Å². The molecule has 0 spiro atoms. The van der Waals surface area contributed by atoms with Crippen molar-refractivity contribution >= 4 is 13.4 Å². The van der Waals surface area contributed by atoms with E-state index in [2.05, 4.69) is 18.7 Å². The number of rotatable bonds is 5. The molecule has 1 aromatic carbocycles. The predicted octanol–water partition coefficient (Wildman–Crippen LogP) is 1.17. The number of benzene rings is 1. The molecule has 0 fully saturated rings. The maximum atomic E-state index is 8.56. The summed E-state index contributed by atoms with van der Waals surface area (Å²) in [6.07, 6.45) is 0. The molecule has 76 valence electrons. The number of hydrogen-bond acceptors (Lipinski definition) is 3. The molecular formula is C10H16BNO2. The number of anilines is 1. The molecule has 0 saturated heterocycles. The van der Waals surface area contributed by atoms with Crippen LogP contribution in [-0.2, 0) is 0 Å². The highest BCUT2D eigenvalue weighted by Gasteiger charge is 2.01. The van der Waals surface area contributed by atoms with Gasteiger partial charge in [0.15, 0.2) is 0 Å². The third-order valence-corrected chi connectivity index (χ3v) is 2.20. The molecule has 0 atom stereocenters. The van der Waals surface area contributed by atoms with Crippen molar-refractivity contribution in [1.29, 1.82) is 0 Å². The van der Waals surface area contributed by atoms with E-state index in [0.29, 0.717) is 5.75 Å². The number of nitrogens with zero attached hydrogens (tertiary/aromatic N) is 1. The normalized spacial score (nSPS) is 9.64. The molecule has 0 amide bonds. The van der Waals surface area contributed by atoms with E-state index in [1.54, 1.807) is 0 Å². The van der Waals surface area contributed by atoms with Gasteiger partial charge >= 0.3 is 7.69 Å². The van der Waals surface area contributed by atoms with Gasteiger partial charge in [0.1, 0.15) is 5.75 Å². The SMILES string of the molecule is CCN(CC)c1ccc(OBO)cc1. The number of hydrogen-bond donors (Lipinski definition) is 1. The van der Waals surface area contributed by atoms with Crippen molar-refractivity contribution in [1.82, 2.24) is 0 Å². The summed E-state index contributed by atoms with van der Waals surface area (Å²) < 4.78 is 4.94. The van der Waals surface area contributed by atoms with Crippen LogP contribution in [0.1, 0.15) is 13.8 Å². The molecular weight excluding hydrogens is 177 g/mol. The summed E-state index contributed by atoms with van der Waals surface area (Å²) in [5, 5.41) is 8.56. The molecule has 0 radical (unpaired) electrons. The van der Waals surface area contributed by atoms with Gasteiger partial charge in [-0.3, -0.25) is 0 Å². The zero-order chi connectivity index (χ0) is 10.4.